The smallest absolute Gasteiger partial charge is 0.299 e. The summed E-state index contributed by atoms with van der Waals surface area (Å²) < 4.78 is 5.28. The van der Waals surface area contributed by atoms with Gasteiger partial charge in [-0.25, -0.2) is 0 Å². The quantitative estimate of drug-likeness (QED) is 0.573. The SMILES string of the molecule is CN[C@@H](C)C(=O)N[C@H](C(=O)N1CCC[C@H]1c1noc(C(=O)c2ccccc2)n1)C1CCCCC1. The second-order valence-electron chi connectivity index (χ2n) is 9.24. The summed E-state index contributed by atoms with van der Waals surface area (Å²) in [4.78, 5) is 45.3. The van der Waals surface area contributed by atoms with Gasteiger partial charge in [0.25, 0.3) is 11.7 Å². The zero-order valence-electron chi connectivity index (χ0n) is 19.8. The summed E-state index contributed by atoms with van der Waals surface area (Å²) in [5.41, 5.74) is 0.468. The number of hydrogen-bond acceptors (Lipinski definition) is 7. The number of benzene rings is 1. The molecule has 4 rings (SSSR count). The lowest BCUT2D eigenvalue weighted by Crippen LogP contribution is -2.55. The van der Waals surface area contributed by atoms with E-state index in [9.17, 15) is 14.4 Å². The van der Waals surface area contributed by atoms with E-state index in [-0.39, 0.29) is 35.4 Å². The normalized spacial score (nSPS) is 20.6. The van der Waals surface area contributed by atoms with Crippen molar-refractivity contribution in [2.75, 3.05) is 13.6 Å². The molecule has 2 N–H and O–H groups in total. The van der Waals surface area contributed by atoms with Crippen LogP contribution in [0.15, 0.2) is 34.9 Å². The van der Waals surface area contributed by atoms with E-state index in [2.05, 4.69) is 20.8 Å². The molecule has 9 nitrogen and oxygen atoms in total. The monoisotopic (exact) mass is 467 g/mol. The molecule has 1 aromatic carbocycles. The molecule has 9 heteroatoms. The number of rotatable bonds is 8. The highest BCUT2D eigenvalue weighted by atomic mass is 16.5. The number of carbonyl (C=O) groups excluding carboxylic acids is 3. The fourth-order valence-corrected chi connectivity index (χ4v) is 4.91. The van der Waals surface area contributed by atoms with Crippen molar-refractivity contribution in [3.63, 3.8) is 0 Å². The Balaban J connectivity index is 1.53. The first kappa shape index (κ1) is 24.1. The minimum atomic E-state index is -0.582. The van der Waals surface area contributed by atoms with Gasteiger partial charge in [0.05, 0.1) is 12.1 Å². The van der Waals surface area contributed by atoms with Crippen molar-refractivity contribution in [3.05, 3.63) is 47.6 Å². The maximum atomic E-state index is 13.8. The molecule has 0 bridgehead atoms. The Kier molecular flexibility index (Phi) is 7.72. The highest BCUT2D eigenvalue weighted by Gasteiger charge is 2.40. The Hall–Kier alpha value is -3.07. The van der Waals surface area contributed by atoms with Crippen molar-refractivity contribution in [1.29, 1.82) is 0 Å². The Morgan fingerprint density at radius 2 is 1.79 bits per heavy atom. The van der Waals surface area contributed by atoms with Crippen LogP contribution in [0.1, 0.15) is 80.0 Å². The predicted molar refractivity (Wildman–Crippen MR) is 125 cm³/mol. The maximum absolute atomic E-state index is 13.8. The second kappa shape index (κ2) is 10.9. The van der Waals surface area contributed by atoms with Crippen molar-refractivity contribution in [2.24, 2.45) is 5.92 Å². The standard InChI is InChI=1S/C25H33N5O4/c1-16(26-2)23(32)27-20(17-10-5-3-6-11-17)25(33)30-15-9-14-19(30)22-28-24(34-29-22)21(31)18-12-7-4-8-13-18/h4,7-8,12-13,16-17,19-20,26H,3,5-6,9-11,14-15H2,1-2H3,(H,27,32)/t16-,19-,20-/m0/s1. The van der Waals surface area contributed by atoms with Crippen LogP contribution in [0.5, 0.6) is 0 Å². The third kappa shape index (κ3) is 5.19. The predicted octanol–water partition coefficient (Wildman–Crippen LogP) is 2.64. The topological polar surface area (TPSA) is 117 Å². The van der Waals surface area contributed by atoms with E-state index in [4.69, 9.17) is 4.52 Å². The van der Waals surface area contributed by atoms with E-state index in [0.717, 1.165) is 38.5 Å². The van der Waals surface area contributed by atoms with E-state index in [1.54, 1.807) is 43.1 Å². The van der Waals surface area contributed by atoms with Gasteiger partial charge in [-0.15, -0.1) is 0 Å². The van der Waals surface area contributed by atoms with Gasteiger partial charge >= 0.3 is 0 Å². The number of ketones is 1. The number of nitrogens with one attached hydrogen (secondary N) is 2. The third-order valence-corrected chi connectivity index (χ3v) is 7.02. The van der Waals surface area contributed by atoms with E-state index in [1.807, 2.05) is 6.07 Å². The van der Waals surface area contributed by atoms with Crippen LogP contribution in [0.25, 0.3) is 0 Å². The van der Waals surface area contributed by atoms with Gasteiger partial charge in [-0.1, -0.05) is 54.8 Å². The summed E-state index contributed by atoms with van der Waals surface area (Å²) in [6.07, 6.45) is 6.59. The number of likely N-dealkylation sites (tertiary alicyclic amines) is 1. The minimum absolute atomic E-state index is 0.0829. The maximum Gasteiger partial charge on any atom is 0.299 e. The summed E-state index contributed by atoms with van der Waals surface area (Å²) in [7, 11) is 1.72. The summed E-state index contributed by atoms with van der Waals surface area (Å²) in [6, 6.07) is 7.42. The highest BCUT2D eigenvalue weighted by Crippen LogP contribution is 2.34. The van der Waals surface area contributed by atoms with Crippen LogP contribution in [-0.2, 0) is 9.59 Å². The van der Waals surface area contributed by atoms with E-state index in [0.29, 0.717) is 24.4 Å². The van der Waals surface area contributed by atoms with Crippen molar-refractivity contribution in [1.82, 2.24) is 25.7 Å². The molecule has 34 heavy (non-hydrogen) atoms. The molecule has 0 spiro atoms. The third-order valence-electron chi connectivity index (χ3n) is 7.02. The second-order valence-corrected chi connectivity index (χ2v) is 9.24. The Morgan fingerprint density at radius 1 is 1.06 bits per heavy atom. The van der Waals surface area contributed by atoms with Crippen molar-refractivity contribution < 1.29 is 18.9 Å². The van der Waals surface area contributed by atoms with Gasteiger partial charge in [0.1, 0.15) is 6.04 Å². The van der Waals surface area contributed by atoms with Gasteiger partial charge in [0, 0.05) is 12.1 Å². The molecule has 0 radical (unpaired) electrons. The van der Waals surface area contributed by atoms with E-state index in [1.165, 1.54) is 0 Å². The first-order valence-corrected chi connectivity index (χ1v) is 12.2. The Bertz CT molecular complexity index is 1000. The van der Waals surface area contributed by atoms with Crippen LogP contribution < -0.4 is 10.6 Å². The average molecular weight is 468 g/mol. The van der Waals surface area contributed by atoms with Crippen molar-refractivity contribution in [2.45, 2.75) is 70.0 Å². The molecule has 1 aromatic heterocycles. The fraction of sp³-hybridized carbons (Fsp3) is 0.560. The molecule has 1 aliphatic carbocycles. The molecule has 1 saturated heterocycles. The zero-order chi connectivity index (χ0) is 24.1. The van der Waals surface area contributed by atoms with E-state index < -0.39 is 12.1 Å². The number of amides is 2. The minimum Gasteiger partial charge on any atom is -0.343 e. The molecule has 2 aromatic rings. The molecular weight excluding hydrogens is 434 g/mol. The number of nitrogens with zero attached hydrogens (tertiary/aromatic N) is 3. The van der Waals surface area contributed by atoms with Gasteiger partial charge in [-0.05, 0) is 45.6 Å². The Labute approximate surface area is 199 Å². The van der Waals surface area contributed by atoms with Crippen LogP contribution >= 0.6 is 0 Å². The van der Waals surface area contributed by atoms with Gasteiger partial charge in [-0.3, -0.25) is 14.4 Å². The van der Waals surface area contributed by atoms with Crippen LogP contribution in [0.4, 0.5) is 0 Å². The van der Waals surface area contributed by atoms with E-state index >= 15 is 0 Å². The molecule has 3 atom stereocenters. The summed E-state index contributed by atoms with van der Waals surface area (Å²) in [5.74, 6) is -0.271. The van der Waals surface area contributed by atoms with Crippen LogP contribution in [-0.4, -0.2) is 58.3 Å². The number of carbonyl (C=O) groups is 3. The van der Waals surface area contributed by atoms with Crippen LogP contribution in [0, 0.1) is 5.92 Å². The van der Waals surface area contributed by atoms with Gasteiger partial charge < -0.3 is 20.1 Å². The zero-order valence-corrected chi connectivity index (χ0v) is 19.8. The van der Waals surface area contributed by atoms with Crippen LogP contribution in [0.2, 0.25) is 0 Å². The number of likely N-dealkylation sites (N-methyl/N-ethyl adjacent to an activating group) is 1. The van der Waals surface area contributed by atoms with Gasteiger partial charge in [0.2, 0.25) is 11.8 Å². The molecule has 2 amide bonds. The van der Waals surface area contributed by atoms with Crippen molar-refractivity contribution in [3.8, 4) is 0 Å². The Morgan fingerprint density at radius 3 is 2.50 bits per heavy atom. The number of aromatic nitrogens is 2. The average Bonchev–Trinajstić information content (AvgIpc) is 3.57. The molecule has 2 fully saturated rings. The number of hydrogen-bond donors (Lipinski definition) is 2. The molecule has 2 heterocycles. The van der Waals surface area contributed by atoms with Crippen LogP contribution in [0.3, 0.4) is 0 Å². The fourth-order valence-electron chi connectivity index (χ4n) is 4.91. The van der Waals surface area contributed by atoms with Gasteiger partial charge in [-0.2, -0.15) is 4.98 Å². The summed E-state index contributed by atoms with van der Waals surface area (Å²) in [5, 5.41) is 10.0. The van der Waals surface area contributed by atoms with Gasteiger partial charge in [0.15, 0.2) is 5.82 Å². The molecule has 2 aliphatic rings. The summed E-state index contributed by atoms with van der Waals surface area (Å²) >= 11 is 0. The van der Waals surface area contributed by atoms with Crippen molar-refractivity contribution >= 4 is 17.6 Å². The molecule has 0 unspecified atom stereocenters. The molecular formula is C25H33N5O4. The largest absolute Gasteiger partial charge is 0.343 e. The molecule has 1 saturated carbocycles. The highest BCUT2D eigenvalue weighted by molar-refractivity contribution is 6.05. The molecule has 182 valence electrons. The first-order valence-electron chi connectivity index (χ1n) is 12.2. The summed E-state index contributed by atoms with van der Waals surface area (Å²) in [6.45, 7) is 2.33. The lowest BCUT2D eigenvalue weighted by molar-refractivity contribution is -0.139. The first-order chi connectivity index (χ1) is 16.5. The lowest BCUT2D eigenvalue weighted by Gasteiger charge is -2.34. The molecule has 1 aliphatic heterocycles. The lowest BCUT2D eigenvalue weighted by atomic mass is 9.83.